The summed E-state index contributed by atoms with van der Waals surface area (Å²) in [6, 6.07) is 4.36. The number of nitrogens with one attached hydrogen (secondary N) is 1. The van der Waals surface area contributed by atoms with E-state index in [0.717, 1.165) is 37.1 Å². The van der Waals surface area contributed by atoms with Gasteiger partial charge in [-0.25, -0.2) is 4.98 Å². The van der Waals surface area contributed by atoms with Gasteiger partial charge >= 0.3 is 0 Å². The van der Waals surface area contributed by atoms with Crippen molar-refractivity contribution in [2.45, 2.75) is 47.1 Å². The molecular weight excluding hydrogens is 234 g/mol. The Labute approximate surface area is 118 Å². The van der Waals surface area contributed by atoms with E-state index >= 15 is 0 Å². The minimum Gasteiger partial charge on any atom is -0.357 e. The third-order valence-corrected chi connectivity index (χ3v) is 3.89. The standard InChI is InChI=1S/C16H29N3/c1-6-14(7-2)12-19(8-3)16-10-9-15(11-17-5)13(4)18-16/h9-10,14,17H,6-8,11-12H2,1-5H3. The maximum Gasteiger partial charge on any atom is 0.128 e. The number of pyridine rings is 1. The predicted octanol–water partition coefficient (Wildman–Crippen LogP) is 3.37. The zero-order chi connectivity index (χ0) is 14.3. The molecular formula is C16H29N3. The molecule has 0 spiro atoms. The zero-order valence-electron chi connectivity index (χ0n) is 13.2. The third-order valence-electron chi connectivity index (χ3n) is 3.89. The van der Waals surface area contributed by atoms with Gasteiger partial charge in [-0.15, -0.1) is 0 Å². The highest BCUT2D eigenvalue weighted by Crippen LogP contribution is 2.18. The Hall–Kier alpha value is -1.09. The Morgan fingerprint density at radius 3 is 2.37 bits per heavy atom. The Bertz CT molecular complexity index is 372. The molecule has 0 fully saturated rings. The van der Waals surface area contributed by atoms with E-state index in [1.165, 1.54) is 18.4 Å². The quantitative estimate of drug-likeness (QED) is 0.779. The first-order valence-corrected chi connectivity index (χ1v) is 7.52. The fourth-order valence-corrected chi connectivity index (χ4v) is 2.37. The Kier molecular flexibility index (Phi) is 6.85. The fraction of sp³-hybridized carbons (Fsp3) is 0.688. The molecule has 0 aliphatic heterocycles. The van der Waals surface area contributed by atoms with Gasteiger partial charge in [0.2, 0.25) is 0 Å². The maximum absolute atomic E-state index is 4.77. The molecule has 0 atom stereocenters. The van der Waals surface area contributed by atoms with Crippen molar-refractivity contribution in [1.82, 2.24) is 10.3 Å². The van der Waals surface area contributed by atoms with Crippen LogP contribution in [0.1, 0.15) is 44.9 Å². The van der Waals surface area contributed by atoms with Gasteiger partial charge < -0.3 is 10.2 Å². The van der Waals surface area contributed by atoms with E-state index < -0.39 is 0 Å². The molecule has 0 aliphatic rings. The van der Waals surface area contributed by atoms with E-state index in [-0.39, 0.29) is 0 Å². The second-order valence-corrected chi connectivity index (χ2v) is 5.17. The van der Waals surface area contributed by atoms with E-state index in [0.29, 0.717) is 0 Å². The highest BCUT2D eigenvalue weighted by atomic mass is 15.2. The molecule has 1 N–H and O–H groups in total. The van der Waals surface area contributed by atoms with Crippen molar-refractivity contribution in [2.75, 3.05) is 25.0 Å². The molecule has 0 unspecified atom stereocenters. The smallest absolute Gasteiger partial charge is 0.128 e. The minimum absolute atomic E-state index is 0.763. The lowest BCUT2D eigenvalue weighted by molar-refractivity contribution is 0.484. The van der Waals surface area contributed by atoms with E-state index in [2.05, 4.69) is 50.0 Å². The number of nitrogens with zero attached hydrogens (tertiary/aromatic N) is 2. The molecule has 0 amide bonds. The van der Waals surface area contributed by atoms with Gasteiger partial charge in [0.15, 0.2) is 0 Å². The number of rotatable bonds is 8. The summed E-state index contributed by atoms with van der Waals surface area (Å²) in [5.41, 5.74) is 2.42. The van der Waals surface area contributed by atoms with Crippen LogP contribution in [-0.2, 0) is 6.54 Å². The van der Waals surface area contributed by atoms with E-state index in [1.54, 1.807) is 0 Å². The van der Waals surface area contributed by atoms with Gasteiger partial charge in [-0.1, -0.05) is 32.8 Å². The molecule has 1 heterocycles. The van der Waals surface area contributed by atoms with Crippen LogP contribution in [0, 0.1) is 12.8 Å². The van der Waals surface area contributed by atoms with E-state index in [4.69, 9.17) is 4.98 Å². The summed E-state index contributed by atoms with van der Waals surface area (Å²) in [6.07, 6.45) is 2.48. The molecule has 0 bridgehead atoms. The molecule has 0 saturated carbocycles. The van der Waals surface area contributed by atoms with Crippen LogP contribution in [0.25, 0.3) is 0 Å². The Balaban J connectivity index is 2.83. The third kappa shape index (κ3) is 4.50. The lowest BCUT2D eigenvalue weighted by atomic mass is 10.0. The lowest BCUT2D eigenvalue weighted by Crippen LogP contribution is -2.30. The molecule has 19 heavy (non-hydrogen) atoms. The summed E-state index contributed by atoms with van der Waals surface area (Å²) in [4.78, 5) is 7.17. The monoisotopic (exact) mass is 263 g/mol. The van der Waals surface area contributed by atoms with Gasteiger partial charge in [-0.3, -0.25) is 0 Å². The molecule has 0 aromatic carbocycles. The normalized spacial score (nSPS) is 11.1. The van der Waals surface area contributed by atoms with E-state index in [1.807, 2.05) is 7.05 Å². The van der Waals surface area contributed by atoms with Crippen LogP contribution in [0.4, 0.5) is 5.82 Å². The lowest BCUT2D eigenvalue weighted by Gasteiger charge is -2.27. The van der Waals surface area contributed by atoms with Crippen LogP contribution in [0.3, 0.4) is 0 Å². The highest BCUT2D eigenvalue weighted by molar-refractivity contribution is 5.41. The average Bonchev–Trinajstić information content (AvgIpc) is 2.43. The Morgan fingerprint density at radius 1 is 1.21 bits per heavy atom. The summed E-state index contributed by atoms with van der Waals surface area (Å²) in [7, 11) is 1.97. The molecule has 3 heteroatoms. The van der Waals surface area contributed by atoms with Crippen LogP contribution in [0.15, 0.2) is 12.1 Å². The number of hydrogen-bond donors (Lipinski definition) is 1. The van der Waals surface area contributed by atoms with Crippen molar-refractivity contribution in [3.8, 4) is 0 Å². The number of aryl methyl sites for hydroxylation is 1. The Morgan fingerprint density at radius 2 is 1.89 bits per heavy atom. The second kappa shape index (κ2) is 8.16. The topological polar surface area (TPSA) is 28.2 Å². The average molecular weight is 263 g/mol. The van der Waals surface area contributed by atoms with Crippen molar-refractivity contribution < 1.29 is 0 Å². The number of hydrogen-bond acceptors (Lipinski definition) is 3. The number of anilines is 1. The second-order valence-electron chi connectivity index (χ2n) is 5.17. The van der Waals surface area contributed by atoms with Crippen LogP contribution in [0.2, 0.25) is 0 Å². The summed E-state index contributed by atoms with van der Waals surface area (Å²) in [5, 5.41) is 3.18. The molecule has 3 nitrogen and oxygen atoms in total. The first-order chi connectivity index (χ1) is 9.15. The largest absolute Gasteiger partial charge is 0.357 e. The summed E-state index contributed by atoms with van der Waals surface area (Å²) >= 11 is 0. The number of aromatic nitrogens is 1. The van der Waals surface area contributed by atoms with Crippen molar-refractivity contribution in [3.05, 3.63) is 23.4 Å². The van der Waals surface area contributed by atoms with Crippen LogP contribution in [-0.4, -0.2) is 25.1 Å². The zero-order valence-corrected chi connectivity index (χ0v) is 13.2. The first-order valence-electron chi connectivity index (χ1n) is 7.52. The molecule has 0 aliphatic carbocycles. The maximum atomic E-state index is 4.77. The van der Waals surface area contributed by atoms with Crippen molar-refractivity contribution in [2.24, 2.45) is 5.92 Å². The molecule has 108 valence electrons. The molecule has 0 saturated heterocycles. The minimum atomic E-state index is 0.763. The SMILES string of the molecule is CCC(CC)CN(CC)c1ccc(CNC)c(C)n1. The van der Waals surface area contributed by atoms with Crippen LogP contribution >= 0.6 is 0 Å². The molecule has 1 aromatic rings. The fourth-order valence-electron chi connectivity index (χ4n) is 2.37. The van der Waals surface area contributed by atoms with Crippen LogP contribution < -0.4 is 10.2 Å². The molecule has 1 aromatic heterocycles. The van der Waals surface area contributed by atoms with Gasteiger partial charge in [-0.2, -0.15) is 0 Å². The molecule has 0 radical (unpaired) electrons. The summed E-state index contributed by atoms with van der Waals surface area (Å²) in [6.45, 7) is 11.9. The highest BCUT2D eigenvalue weighted by Gasteiger charge is 2.12. The van der Waals surface area contributed by atoms with Crippen molar-refractivity contribution in [3.63, 3.8) is 0 Å². The molecule has 1 rings (SSSR count). The first kappa shape index (κ1) is 16.0. The van der Waals surface area contributed by atoms with E-state index in [9.17, 15) is 0 Å². The van der Waals surface area contributed by atoms with Crippen LogP contribution in [0.5, 0.6) is 0 Å². The van der Waals surface area contributed by atoms with Gasteiger partial charge in [-0.05, 0) is 38.4 Å². The van der Waals surface area contributed by atoms with Gasteiger partial charge in [0.25, 0.3) is 0 Å². The van der Waals surface area contributed by atoms with Crippen molar-refractivity contribution in [1.29, 1.82) is 0 Å². The summed E-state index contributed by atoms with van der Waals surface area (Å²) < 4.78 is 0. The van der Waals surface area contributed by atoms with Crippen molar-refractivity contribution >= 4 is 5.82 Å². The van der Waals surface area contributed by atoms with Gasteiger partial charge in [0.05, 0.1) is 0 Å². The summed E-state index contributed by atoms with van der Waals surface area (Å²) in [5.74, 6) is 1.88. The van der Waals surface area contributed by atoms with Gasteiger partial charge in [0.1, 0.15) is 5.82 Å². The predicted molar refractivity (Wildman–Crippen MR) is 83.7 cm³/mol. The van der Waals surface area contributed by atoms with Gasteiger partial charge in [0, 0.05) is 25.3 Å².